The van der Waals surface area contributed by atoms with Gasteiger partial charge in [0.15, 0.2) is 0 Å². The largest absolute Gasteiger partial charge is 0.480 e. The van der Waals surface area contributed by atoms with E-state index in [0.29, 0.717) is 6.61 Å². The van der Waals surface area contributed by atoms with Crippen molar-refractivity contribution >= 4 is 11.9 Å². The van der Waals surface area contributed by atoms with Crippen LogP contribution >= 0.6 is 0 Å². The van der Waals surface area contributed by atoms with Crippen LogP contribution in [0.5, 0.6) is 0 Å². The predicted octanol–water partition coefficient (Wildman–Crippen LogP) is 1.09. The molecule has 1 rings (SSSR count). The number of ether oxygens (including phenoxy) is 2. The molecule has 9 heteroatoms. The highest BCUT2D eigenvalue weighted by Gasteiger charge is 2.37. The lowest BCUT2D eigenvalue weighted by Gasteiger charge is -2.20. The average Bonchev–Trinajstić information content (AvgIpc) is 2.86. The number of rotatable bonds is 7. The Labute approximate surface area is 119 Å². The van der Waals surface area contributed by atoms with Crippen molar-refractivity contribution in [3.63, 3.8) is 0 Å². The Morgan fingerprint density at radius 2 is 2.14 bits per heavy atom. The zero-order chi connectivity index (χ0) is 16.0. The molecular weight excluding hydrogens is 295 g/mol. The molecule has 6 nitrogen and oxygen atoms in total. The van der Waals surface area contributed by atoms with Gasteiger partial charge < -0.3 is 19.9 Å². The van der Waals surface area contributed by atoms with E-state index in [1.165, 1.54) is 6.92 Å². The van der Waals surface area contributed by atoms with Crippen LogP contribution in [0.15, 0.2) is 0 Å². The number of hydrogen-bond donors (Lipinski definition) is 2. The van der Waals surface area contributed by atoms with Crippen molar-refractivity contribution in [3.8, 4) is 0 Å². The Hall–Kier alpha value is -1.35. The van der Waals surface area contributed by atoms with E-state index in [0.717, 1.165) is 12.8 Å². The Kier molecular flexibility index (Phi) is 6.41. The summed E-state index contributed by atoms with van der Waals surface area (Å²) in [6, 6.07) is -2.02. The Balaban J connectivity index is 2.42. The minimum absolute atomic E-state index is 0.134. The summed E-state index contributed by atoms with van der Waals surface area (Å²) in [4.78, 5) is 22.4. The van der Waals surface area contributed by atoms with Gasteiger partial charge in [-0.15, -0.1) is 0 Å². The first kappa shape index (κ1) is 17.7. The summed E-state index contributed by atoms with van der Waals surface area (Å²) < 4.78 is 47.1. The van der Waals surface area contributed by atoms with Crippen LogP contribution in [0.2, 0.25) is 0 Å². The maximum absolute atomic E-state index is 12.2. The fourth-order valence-electron chi connectivity index (χ4n) is 1.82. The lowest BCUT2D eigenvalue weighted by atomic mass is 10.2. The lowest BCUT2D eigenvalue weighted by Crippen LogP contribution is -2.47. The fraction of sp³-hybridized carbons (Fsp3) is 0.833. The average molecular weight is 313 g/mol. The Bertz CT molecular complexity index is 368. The molecule has 0 aliphatic carbocycles. The first-order chi connectivity index (χ1) is 9.69. The summed E-state index contributed by atoms with van der Waals surface area (Å²) in [7, 11) is 0. The predicted molar refractivity (Wildman–Crippen MR) is 64.6 cm³/mol. The molecule has 2 N–H and O–H groups in total. The van der Waals surface area contributed by atoms with E-state index in [2.05, 4.69) is 0 Å². The molecule has 3 atom stereocenters. The third-order valence-electron chi connectivity index (χ3n) is 2.98. The van der Waals surface area contributed by atoms with E-state index in [-0.39, 0.29) is 12.7 Å². The molecule has 0 bridgehead atoms. The Morgan fingerprint density at radius 3 is 2.62 bits per heavy atom. The van der Waals surface area contributed by atoms with Crippen molar-refractivity contribution in [1.82, 2.24) is 5.32 Å². The second kappa shape index (κ2) is 7.60. The fourth-order valence-corrected chi connectivity index (χ4v) is 1.82. The van der Waals surface area contributed by atoms with Crippen molar-refractivity contribution in [2.45, 2.75) is 50.6 Å². The van der Waals surface area contributed by atoms with Gasteiger partial charge in [0.2, 0.25) is 5.91 Å². The van der Waals surface area contributed by atoms with Gasteiger partial charge in [-0.2, -0.15) is 13.2 Å². The highest BCUT2D eigenvalue weighted by molar-refractivity contribution is 5.86. The van der Waals surface area contributed by atoms with E-state index < -0.39 is 36.6 Å². The van der Waals surface area contributed by atoms with Crippen LogP contribution in [0.1, 0.15) is 26.2 Å². The van der Waals surface area contributed by atoms with Crippen molar-refractivity contribution in [2.75, 3.05) is 13.2 Å². The van der Waals surface area contributed by atoms with Crippen molar-refractivity contribution in [2.24, 2.45) is 0 Å². The molecule has 1 amide bonds. The maximum atomic E-state index is 12.2. The number of hydrogen-bond acceptors (Lipinski definition) is 4. The van der Waals surface area contributed by atoms with Gasteiger partial charge in [-0.1, -0.05) is 0 Å². The number of alkyl halides is 3. The highest BCUT2D eigenvalue weighted by Crippen LogP contribution is 2.21. The molecule has 1 saturated heterocycles. The normalized spacial score (nSPS) is 21.8. The summed E-state index contributed by atoms with van der Waals surface area (Å²) in [5.74, 6) is -2.64. The zero-order valence-corrected chi connectivity index (χ0v) is 11.5. The number of nitrogens with one attached hydrogen (secondary N) is 1. The van der Waals surface area contributed by atoms with Gasteiger partial charge in [0, 0.05) is 6.61 Å². The van der Waals surface area contributed by atoms with Crippen LogP contribution in [0.4, 0.5) is 13.2 Å². The molecule has 1 fully saturated rings. The molecule has 122 valence electrons. The van der Waals surface area contributed by atoms with Crippen molar-refractivity contribution < 1.29 is 37.3 Å². The highest BCUT2D eigenvalue weighted by atomic mass is 19.4. The summed E-state index contributed by atoms with van der Waals surface area (Å²) in [6.45, 7) is 2.10. The monoisotopic (exact) mass is 313 g/mol. The molecule has 0 spiro atoms. The molecular formula is C12H18F3NO5. The molecule has 0 aromatic rings. The van der Waals surface area contributed by atoms with E-state index in [1.807, 2.05) is 5.32 Å². The molecule has 1 aliphatic rings. The summed E-state index contributed by atoms with van der Waals surface area (Å²) >= 11 is 0. The van der Waals surface area contributed by atoms with Crippen molar-refractivity contribution in [1.29, 1.82) is 0 Å². The minimum atomic E-state index is -4.68. The molecule has 0 radical (unpaired) electrons. The van der Waals surface area contributed by atoms with Gasteiger partial charge in [0.25, 0.3) is 0 Å². The van der Waals surface area contributed by atoms with Crippen LogP contribution in [0.25, 0.3) is 0 Å². The van der Waals surface area contributed by atoms with E-state index in [1.54, 1.807) is 0 Å². The van der Waals surface area contributed by atoms with E-state index in [4.69, 9.17) is 14.6 Å². The van der Waals surface area contributed by atoms with Gasteiger partial charge in [-0.3, -0.25) is 4.79 Å². The summed E-state index contributed by atoms with van der Waals surface area (Å²) in [5, 5.41) is 10.5. The minimum Gasteiger partial charge on any atom is -0.480 e. The molecule has 1 aliphatic heterocycles. The van der Waals surface area contributed by atoms with E-state index >= 15 is 0 Å². The quantitative estimate of drug-likeness (QED) is 0.735. The lowest BCUT2D eigenvalue weighted by molar-refractivity contribution is -0.161. The number of carbonyl (C=O) groups excluding carboxylic acids is 1. The second-order valence-corrected chi connectivity index (χ2v) is 4.83. The Morgan fingerprint density at radius 1 is 1.48 bits per heavy atom. The van der Waals surface area contributed by atoms with Gasteiger partial charge in [-0.05, 0) is 19.8 Å². The molecule has 3 unspecified atom stereocenters. The second-order valence-electron chi connectivity index (χ2n) is 4.83. The standard InChI is InChI=1S/C12H18F3NO5/c1-7(21-6-8-3-2-4-20-8)10(17)16-9(11(18)19)5-12(13,14)15/h7-9H,2-6H2,1H3,(H,16,17)(H,18,19). The van der Waals surface area contributed by atoms with Crippen LogP contribution in [-0.2, 0) is 19.1 Å². The SMILES string of the molecule is CC(OCC1CCCO1)C(=O)NC(CC(F)(F)F)C(=O)O. The maximum Gasteiger partial charge on any atom is 0.391 e. The van der Waals surface area contributed by atoms with E-state index in [9.17, 15) is 22.8 Å². The van der Waals surface area contributed by atoms with Crippen molar-refractivity contribution in [3.05, 3.63) is 0 Å². The molecule has 1 heterocycles. The van der Waals surface area contributed by atoms with Gasteiger partial charge >= 0.3 is 12.1 Å². The summed E-state index contributed by atoms with van der Waals surface area (Å²) in [5.41, 5.74) is 0. The molecule has 0 aromatic carbocycles. The van der Waals surface area contributed by atoms with Gasteiger partial charge in [-0.25, -0.2) is 4.79 Å². The third kappa shape index (κ3) is 6.76. The number of halogens is 3. The number of amides is 1. The van der Waals surface area contributed by atoms with Crippen LogP contribution < -0.4 is 5.32 Å². The van der Waals surface area contributed by atoms with Gasteiger partial charge in [0.05, 0.1) is 19.1 Å². The first-order valence-corrected chi connectivity index (χ1v) is 6.52. The number of aliphatic carboxylic acids is 1. The molecule has 21 heavy (non-hydrogen) atoms. The first-order valence-electron chi connectivity index (χ1n) is 6.52. The molecule has 0 saturated carbocycles. The van der Waals surface area contributed by atoms with Crippen LogP contribution in [-0.4, -0.2) is 54.6 Å². The summed E-state index contributed by atoms with van der Waals surface area (Å²) in [6.07, 6.45) is -5.82. The number of carboxylic acid groups (broad SMARTS) is 1. The number of carboxylic acids is 1. The smallest absolute Gasteiger partial charge is 0.391 e. The zero-order valence-electron chi connectivity index (χ0n) is 11.5. The third-order valence-corrected chi connectivity index (χ3v) is 2.98. The van der Waals surface area contributed by atoms with Crippen LogP contribution in [0.3, 0.4) is 0 Å². The van der Waals surface area contributed by atoms with Crippen LogP contribution in [0, 0.1) is 0 Å². The number of carbonyl (C=O) groups is 2. The molecule has 0 aromatic heterocycles. The van der Waals surface area contributed by atoms with Gasteiger partial charge in [0.1, 0.15) is 12.1 Å². The topological polar surface area (TPSA) is 84.9 Å².